The lowest BCUT2D eigenvalue weighted by atomic mass is 10.2. The maximum Gasteiger partial charge on any atom is 0.266 e. The van der Waals surface area contributed by atoms with Gasteiger partial charge in [-0.2, -0.15) is 5.26 Å². The maximum absolute atomic E-state index is 13.0. The first kappa shape index (κ1) is 16.1. The molecule has 0 saturated heterocycles. The van der Waals surface area contributed by atoms with E-state index in [0.717, 1.165) is 0 Å². The van der Waals surface area contributed by atoms with Crippen molar-refractivity contribution in [3.8, 4) is 17.5 Å². The number of nitrogens with zero attached hydrogens (tertiary/aromatic N) is 3. The van der Waals surface area contributed by atoms with Crippen LogP contribution in [0.3, 0.4) is 0 Å². The Kier molecular flexibility index (Phi) is 4.82. The Hall–Kier alpha value is -2.78. The summed E-state index contributed by atoms with van der Waals surface area (Å²) >= 11 is 1.23. The molecule has 0 aliphatic carbocycles. The summed E-state index contributed by atoms with van der Waals surface area (Å²) in [4.78, 5) is 17.6. The first-order valence-corrected chi connectivity index (χ1v) is 8.48. The van der Waals surface area contributed by atoms with Gasteiger partial charge in [0.2, 0.25) is 0 Å². The van der Waals surface area contributed by atoms with E-state index in [9.17, 15) is 4.79 Å². The Bertz CT molecular complexity index is 976. The fourth-order valence-corrected chi connectivity index (χ4v) is 3.10. The molecule has 0 aliphatic rings. The molecule has 0 aliphatic heterocycles. The van der Waals surface area contributed by atoms with Crippen LogP contribution in [0.25, 0.3) is 16.6 Å². The number of para-hydroxylation sites is 3. The van der Waals surface area contributed by atoms with Gasteiger partial charge in [-0.3, -0.25) is 9.36 Å². The largest absolute Gasteiger partial charge is 0.492 e. The summed E-state index contributed by atoms with van der Waals surface area (Å²) in [7, 11) is 0. The van der Waals surface area contributed by atoms with Gasteiger partial charge in [0.1, 0.15) is 5.75 Å². The Morgan fingerprint density at radius 2 is 1.96 bits per heavy atom. The smallest absolute Gasteiger partial charge is 0.266 e. The van der Waals surface area contributed by atoms with Crippen LogP contribution in [0.4, 0.5) is 0 Å². The Labute approximate surface area is 143 Å². The molecule has 3 rings (SSSR count). The number of hydrogen-bond donors (Lipinski definition) is 0. The highest BCUT2D eigenvalue weighted by Crippen LogP contribution is 2.27. The average Bonchev–Trinajstić information content (AvgIpc) is 2.61. The van der Waals surface area contributed by atoms with Gasteiger partial charge < -0.3 is 4.74 Å². The van der Waals surface area contributed by atoms with Crippen LogP contribution in [0.2, 0.25) is 0 Å². The van der Waals surface area contributed by atoms with Crippen molar-refractivity contribution in [1.29, 1.82) is 5.26 Å². The molecule has 0 saturated carbocycles. The van der Waals surface area contributed by atoms with Gasteiger partial charge in [-0.05, 0) is 31.2 Å². The molecule has 5 nitrogen and oxygen atoms in total. The number of thioether (sulfide) groups is 1. The summed E-state index contributed by atoms with van der Waals surface area (Å²) in [5.41, 5.74) is 1.07. The van der Waals surface area contributed by atoms with Crippen LogP contribution >= 0.6 is 11.8 Å². The van der Waals surface area contributed by atoms with E-state index < -0.39 is 0 Å². The van der Waals surface area contributed by atoms with E-state index >= 15 is 0 Å². The summed E-state index contributed by atoms with van der Waals surface area (Å²) in [6, 6.07) is 16.6. The summed E-state index contributed by atoms with van der Waals surface area (Å²) in [6.45, 7) is 2.39. The summed E-state index contributed by atoms with van der Waals surface area (Å²) in [6.07, 6.45) is 0. The molecule has 120 valence electrons. The van der Waals surface area contributed by atoms with Crippen molar-refractivity contribution >= 4 is 22.7 Å². The van der Waals surface area contributed by atoms with Gasteiger partial charge in [0, 0.05) is 0 Å². The minimum Gasteiger partial charge on any atom is -0.492 e. The van der Waals surface area contributed by atoms with Crippen LogP contribution in [0.15, 0.2) is 58.5 Å². The Balaban J connectivity index is 2.31. The molecular weight excluding hydrogens is 322 g/mol. The van der Waals surface area contributed by atoms with Crippen LogP contribution in [0, 0.1) is 11.3 Å². The highest BCUT2D eigenvalue weighted by molar-refractivity contribution is 7.99. The minimum absolute atomic E-state index is 0.173. The molecule has 0 radical (unpaired) electrons. The number of ether oxygens (including phenoxy) is 1. The van der Waals surface area contributed by atoms with Crippen LogP contribution in [0.1, 0.15) is 6.92 Å². The zero-order valence-electron chi connectivity index (χ0n) is 13.1. The molecule has 0 amide bonds. The van der Waals surface area contributed by atoms with E-state index in [1.807, 2.05) is 43.3 Å². The molecule has 2 aromatic carbocycles. The monoisotopic (exact) mass is 337 g/mol. The van der Waals surface area contributed by atoms with Gasteiger partial charge >= 0.3 is 0 Å². The van der Waals surface area contributed by atoms with E-state index in [4.69, 9.17) is 10.00 Å². The first-order valence-electron chi connectivity index (χ1n) is 7.50. The van der Waals surface area contributed by atoms with Gasteiger partial charge in [0.05, 0.1) is 35.0 Å². The van der Waals surface area contributed by atoms with Crippen molar-refractivity contribution < 1.29 is 4.74 Å². The third-order valence-electron chi connectivity index (χ3n) is 3.42. The number of benzene rings is 2. The van der Waals surface area contributed by atoms with E-state index in [2.05, 4.69) is 11.1 Å². The van der Waals surface area contributed by atoms with Crippen molar-refractivity contribution in [2.24, 2.45) is 0 Å². The fraction of sp³-hybridized carbons (Fsp3) is 0.167. The second-order valence-electron chi connectivity index (χ2n) is 4.90. The van der Waals surface area contributed by atoms with E-state index in [0.29, 0.717) is 34.1 Å². The zero-order chi connectivity index (χ0) is 16.9. The van der Waals surface area contributed by atoms with Crippen molar-refractivity contribution in [2.75, 3.05) is 12.4 Å². The normalized spacial score (nSPS) is 10.5. The van der Waals surface area contributed by atoms with E-state index in [1.165, 1.54) is 16.3 Å². The van der Waals surface area contributed by atoms with Crippen molar-refractivity contribution in [2.45, 2.75) is 12.1 Å². The van der Waals surface area contributed by atoms with Crippen molar-refractivity contribution in [3.05, 3.63) is 58.9 Å². The molecule has 3 aromatic rings. The predicted molar refractivity (Wildman–Crippen MR) is 94.8 cm³/mol. The van der Waals surface area contributed by atoms with Crippen molar-refractivity contribution in [1.82, 2.24) is 9.55 Å². The number of hydrogen-bond acceptors (Lipinski definition) is 5. The lowest BCUT2D eigenvalue weighted by Crippen LogP contribution is -2.22. The molecule has 24 heavy (non-hydrogen) atoms. The zero-order valence-corrected chi connectivity index (χ0v) is 13.9. The summed E-state index contributed by atoms with van der Waals surface area (Å²) in [5, 5.41) is 9.91. The van der Waals surface area contributed by atoms with E-state index in [-0.39, 0.29) is 11.3 Å². The lowest BCUT2D eigenvalue weighted by Gasteiger charge is -2.15. The molecule has 0 spiro atoms. The second kappa shape index (κ2) is 7.20. The van der Waals surface area contributed by atoms with Gasteiger partial charge in [-0.1, -0.05) is 36.0 Å². The van der Waals surface area contributed by atoms with Gasteiger partial charge in [0.15, 0.2) is 5.16 Å². The topological polar surface area (TPSA) is 67.9 Å². The van der Waals surface area contributed by atoms with Crippen LogP contribution in [0.5, 0.6) is 5.75 Å². The highest BCUT2D eigenvalue weighted by Gasteiger charge is 2.16. The second-order valence-corrected chi connectivity index (χ2v) is 5.84. The molecule has 0 unspecified atom stereocenters. The third-order valence-corrected chi connectivity index (χ3v) is 4.22. The van der Waals surface area contributed by atoms with Crippen LogP contribution in [-0.4, -0.2) is 21.9 Å². The number of rotatable bonds is 5. The molecule has 0 fully saturated rings. The average molecular weight is 337 g/mol. The molecule has 0 atom stereocenters. The van der Waals surface area contributed by atoms with Gasteiger partial charge in [0.25, 0.3) is 5.56 Å². The number of fused-ring (bicyclic) bond motifs is 1. The maximum atomic E-state index is 13.0. The summed E-state index contributed by atoms with van der Waals surface area (Å²) in [5.74, 6) is 0.819. The summed E-state index contributed by atoms with van der Waals surface area (Å²) < 4.78 is 7.18. The van der Waals surface area contributed by atoms with E-state index in [1.54, 1.807) is 12.1 Å². The SMILES string of the molecule is CCOc1ccccc1-n1c(SCC#N)nc2ccccc2c1=O. The molecule has 6 heteroatoms. The Morgan fingerprint density at radius 3 is 2.75 bits per heavy atom. The van der Waals surface area contributed by atoms with Gasteiger partial charge in [-0.25, -0.2) is 4.98 Å². The third kappa shape index (κ3) is 2.99. The molecule has 0 N–H and O–H groups in total. The molecule has 1 aromatic heterocycles. The number of nitriles is 1. The van der Waals surface area contributed by atoms with Crippen LogP contribution < -0.4 is 10.3 Å². The van der Waals surface area contributed by atoms with Crippen molar-refractivity contribution in [3.63, 3.8) is 0 Å². The quantitative estimate of drug-likeness (QED) is 0.527. The highest BCUT2D eigenvalue weighted by atomic mass is 32.2. The number of aromatic nitrogens is 2. The standard InChI is InChI=1S/C18H15N3O2S/c1-2-23-16-10-6-5-9-15(16)21-17(22)13-7-3-4-8-14(13)20-18(21)24-12-11-19/h3-10H,2,12H2,1H3. The van der Waals surface area contributed by atoms with Gasteiger partial charge in [-0.15, -0.1) is 0 Å². The minimum atomic E-state index is -0.173. The first-order chi connectivity index (χ1) is 11.8. The molecular formula is C18H15N3O2S. The fourth-order valence-electron chi connectivity index (χ4n) is 2.44. The Morgan fingerprint density at radius 1 is 1.21 bits per heavy atom. The molecule has 0 bridgehead atoms. The molecule has 1 heterocycles. The van der Waals surface area contributed by atoms with Crippen LogP contribution in [-0.2, 0) is 0 Å². The lowest BCUT2D eigenvalue weighted by molar-refractivity contribution is 0.338. The predicted octanol–water partition coefficient (Wildman–Crippen LogP) is 3.40.